The van der Waals surface area contributed by atoms with Crippen LogP contribution in [0.2, 0.25) is 0 Å². The quantitative estimate of drug-likeness (QED) is 0.652. The summed E-state index contributed by atoms with van der Waals surface area (Å²) in [6, 6.07) is 4.68. The third-order valence-corrected chi connectivity index (χ3v) is 5.35. The minimum atomic E-state index is -1.33. The highest BCUT2D eigenvalue weighted by atomic mass is 35.5. The summed E-state index contributed by atoms with van der Waals surface area (Å²) < 4.78 is 13.1. The number of hydrogen-bond donors (Lipinski definition) is 3. The molecule has 2 fully saturated rings. The van der Waals surface area contributed by atoms with Crippen LogP contribution in [0.4, 0.5) is 9.18 Å². The van der Waals surface area contributed by atoms with Crippen LogP contribution in [-0.2, 0) is 15.1 Å². The molecule has 4 amide bonds. The Morgan fingerprint density at radius 3 is 2.41 bits per heavy atom. The van der Waals surface area contributed by atoms with Crippen molar-refractivity contribution < 1.29 is 18.8 Å². The van der Waals surface area contributed by atoms with Crippen LogP contribution in [-0.4, -0.2) is 41.4 Å². The molecule has 3 rings (SSSR count). The lowest BCUT2D eigenvalue weighted by Gasteiger charge is -2.29. The number of nitrogens with one attached hydrogen (secondary N) is 2. The maximum atomic E-state index is 13.1. The second kappa shape index (κ2) is 7.82. The first-order valence-electron chi connectivity index (χ1n) is 8.71. The lowest BCUT2D eigenvalue weighted by atomic mass is 9.92. The van der Waals surface area contributed by atoms with E-state index in [1.54, 1.807) is 0 Å². The highest BCUT2D eigenvalue weighted by molar-refractivity contribution is 6.09. The van der Waals surface area contributed by atoms with Crippen LogP contribution in [0.25, 0.3) is 0 Å². The monoisotopic (exact) mass is 398 g/mol. The molecular weight excluding hydrogens is 375 g/mol. The normalized spacial score (nSPS) is 23.7. The van der Waals surface area contributed by atoms with Gasteiger partial charge >= 0.3 is 6.03 Å². The molecule has 1 aromatic rings. The number of hydrogen-bond acceptors (Lipinski definition) is 4. The maximum absolute atomic E-state index is 13.1. The van der Waals surface area contributed by atoms with Crippen molar-refractivity contribution in [2.24, 2.45) is 5.73 Å². The topological polar surface area (TPSA) is 105 Å². The summed E-state index contributed by atoms with van der Waals surface area (Å²) in [5, 5.41) is 5.50. The largest absolute Gasteiger partial charge is 0.348 e. The van der Waals surface area contributed by atoms with Crippen LogP contribution >= 0.6 is 12.4 Å². The molecule has 1 saturated heterocycles. The van der Waals surface area contributed by atoms with Crippen molar-refractivity contribution in [2.45, 2.75) is 43.7 Å². The van der Waals surface area contributed by atoms with Crippen LogP contribution in [0.1, 0.15) is 38.2 Å². The molecule has 9 heteroatoms. The van der Waals surface area contributed by atoms with E-state index in [2.05, 4.69) is 10.6 Å². The Bertz CT molecular complexity index is 737. The van der Waals surface area contributed by atoms with E-state index in [1.165, 1.54) is 31.2 Å². The molecule has 27 heavy (non-hydrogen) atoms. The number of nitrogens with two attached hydrogens (primary N) is 1. The molecular formula is C18H24ClFN4O3. The van der Waals surface area contributed by atoms with Gasteiger partial charge < -0.3 is 16.4 Å². The molecule has 1 heterocycles. The zero-order valence-corrected chi connectivity index (χ0v) is 15.9. The van der Waals surface area contributed by atoms with Crippen LogP contribution in [0.5, 0.6) is 0 Å². The molecule has 1 aromatic carbocycles. The van der Waals surface area contributed by atoms with Gasteiger partial charge in [-0.1, -0.05) is 25.0 Å². The maximum Gasteiger partial charge on any atom is 0.325 e. The van der Waals surface area contributed by atoms with Crippen molar-refractivity contribution in [2.75, 3.05) is 13.1 Å². The molecule has 0 radical (unpaired) electrons. The van der Waals surface area contributed by atoms with Gasteiger partial charge in [-0.05, 0) is 37.5 Å². The molecule has 0 spiro atoms. The van der Waals surface area contributed by atoms with Gasteiger partial charge in [0.15, 0.2) is 0 Å². The molecule has 1 atom stereocenters. The molecule has 148 valence electrons. The number of amides is 4. The average molecular weight is 399 g/mol. The van der Waals surface area contributed by atoms with Gasteiger partial charge in [0, 0.05) is 6.54 Å². The highest BCUT2D eigenvalue weighted by Gasteiger charge is 2.49. The Kier molecular flexibility index (Phi) is 6.11. The Hall–Kier alpha value is -2.19. The molecule has 1 unspecified atom stereocenters. The van der Waals surface area contributed by atoms with Gasteiger partial charge in [-0.25, -0.2) is 9.18 Å². The number of rotatable bonds is 5. The Labute approximate surface area is 163 Å². The molecule has 0 aromatic heterocycles. The predicted octanol–water partition coefficient (Wildman–Crippen LogP) is 1.40. The van der Waals surface area contributed by atoms with Crippen LogP contribution in [0, 0.1) is 5.82 Å². The van der Waals surface area contributed by atoms with Crippen molar-refractivity contribution in [1.82, 2.24) is 15.5 Å². The van der Waals surface area contributed by atoms with E-state index in [1.807, 2.05) is 0 Å². The van der Waals surface area contributed by atoms with Gasteiger partial charge in [0.2, 0.25) is 5.91 Å². The van der Waals surface area contributed by atoms with E-state index in [9.17, 15) is 18.8 Å². The van der Waals surface area contributed by atoms with Gasteiger partial charge in [0.25, 0.3) is 5.91 Å². The zero-order chi connectivity index (χ0) is 18.9. The standard InChI is InChI=1S/C18H23FN4O3.ClH/c1-17(12-4-6-13(19)7-5-12)15(25)23(16(26)22-17)10-14(24)21-18(11-20)8-2-3-9-18;/h4-7H,2-3,8-11,20H2,1H3,(H,21,24)(H,22,26);1H. The fourth-order valence-corrected chi connectivity index (χ4v) is 3.73. The predicted molar refractivity (Wildman–Crippen MR) is 99.6 cm³/mol. The lowest BCUT2D eigenvalue weighted by molar-refractivity contribution is -0.135. The first kappa shape index (κ1) is 21.1. The number of benzene rings is 1. The van der Waals surface area contributed by atoms with Gasteiger partial charge in [0.05, 0.1) is 5.54 Å². The van der Waals surface area contributed by atoms with Crippen molar-refractivity contribution in [1.29, 1.82) is 0 Å². The van der Waals surface area contributed by atoms with Crippen molar-refractivity contribution in [3.63, 3.8) is 0 Å². The Morgan fingerprint density at radius 2 is 1.85 bits per heavy atom. The second-order valence-electron chi connectivity index (χ2n) is 7.19. The third-order valence-electron chi connectivity index (χ3n) is 5.35. The highest BCUT2D eigenvalue weighted by Crippen LogP contribution is 2.30. The number of urea groups is 1. The number of carbonyl (C=O) groups is 3. The van der Waals surface area contributed by atoms with Gasteiger partial charge in [-0.15, -0.1) is 12.4 Å². The number of halogens is 2. The number of imide groups is 1. The Morgan fingerprint density at radius 1 is 1.26 bits per heavy atom. The summed E-state index contributed by atoms with van der Waals surface area (Å²) in [4.78, 5) is 38.4. The molecule has 2 aliphatic rings. The van der Waals surface area contributed by atoms with Crippen molar-refractivity contribution in [3.05, 3.63) is 35.6 Å². The first-order chi connectivity index (χ1) is 12.3. The molecule has 4 N–H and O–H groups in total. The summed E-state index contributed by atoms with van der Waals surface area (Å²) in [5.74, 6) is -1.39. The van der Waals surface area contributed by atoms with Gasteiger partial charge in [-0.3, -0.25) is 14.5 Å². The molecule has 1 aliphatic heterocycles. The SMILES string of the molecule is CC1(c2ccc(F)cc2)NC(=O)N(CC(=O)NC2(CN)CCCC2)C1=O.Cl. The Balaban J connectivity index is 0.00000261. The summed E-state index contributed by atoms with van der Waals surface area (Å²) >= 11 is 0. The molecule has 1 saturated carbocycles. The van der Waals surface area contributed by atoms with E-state index < -0.39 is 34.7 Å². The van der Waals surface area contributed by atoms with E-state index in [4.69, 9.17) is 5.73 Å². The summed E-state index contributed by atoms with van der Waals surface area (Å²) in [6.07, 6.45) is 3.57. The van der Waals surface area contributed by atoms with Crippen molar-refractivity contribution in [3.8, 4) is 0 Å². The van der Waals surface area contributed by atoms with E-state index in [-0.39, 0.29) is 19.0 Å². The summed E-state index contributed by atoms with van der Waals surface area (Å²) in [5.41, 5.74) is 4.48. The second-order valence-corrected chi connectivity index (χ2v) is 7.19. The fourth-order valence-electron chi connectivity index (χ4n) is 3.73. The van der Waals surface area contributed by atoms with Crippen LogP contribution in [0.15, 0.2) is 24.3 Å². The molecule has 0 bridgehead atoms. The fraction of sp³-hybridized carbons (Fsp3) is 0.500. The third kappa shape index (κ3) is 3.91. The van der Waals surface area contributed by atoms with Gasteiger partial charge in [-0.2, -0.15) is 0 Å². The van der Waals surface area contributed by atoms with Crippen LogP contribution in [0.3, 0.4) is 0 Å². The number of nitrogens with zero attached hydrogens (tertiary/aromatic N) is 1. The minimum Gasteiger partial charge on any atom is -0.348 e. The lowest BCUT2D eigenvalue weighted by Crippen LogP contribution is -2.54. The first-order valence-corrected chi connectivity index (χ1v) is 8.71. The average Bonchev–Trinajstić information content (AvgIpc) is 3.15. The van der Waals surface area contributed by atoms with Gasteiger partial charge in [0.1, 0.15) is 17.9 Å². The van der Waals surface area contributed by atoms with Crippen LogP contribution < -0.4 is 16.4 Å². The summed E-state index contributed by atoms with van der Waals surface area (Å²) in [7, 11) is 0. The van der Waals surface area contributed by atoms with Crippen molar-refractivity contribution >= 4 is 30.3 Å². The zero-order valence-electron chi connectivity index (χ0n) is 15.1. The number of carbonyl (C=O) groups excluding carboxylic acids is 3. The minimum absolute atomic E-state index is 0. The van der Waals surface area contributed by atoms with E-state index in [0.29, 0.717) is 12.1 Å². The molecule has 1 aliphatic carbocycles. The molecule has 7 nitrogen and oxygen atoms in total. The van der Waals surface area contributed by atoms with E-state index >= 15 is 0 Å². The smallest absolute Gasteiger partial charge is 0.325 e. The van der Waals surface area contributed by atoms with E-state index in [0.717, 1.165) is 30.6 Å². The summed E-state index contributed by atoms with van der Waals surface area (Å²) in [6.45, 7) is 1.49.